The maximum Gasteiger partial charge on any atom is 0.320 e. The van der Waals surface area contributed by atoms with E-state index in [0.717, 1.165) is 5.69 Å². The number of nitrogens with zero attached hydrogens (tertiary/aromatic N) is 2. The van der Waals surface area contributed by atoms with Gasteiger partial charge in [0.1, 0.15) is 5.82 Å². The van der Waals surface area contributed by atoms with E-state index >= 15 is 0 Å². The summed E-state index contributed by atoms with van der Waals surface area (Å²) in [5, 5.41) is 19.4. The predicted octanol–water partition coefficient (Wildman–Crippen LogP) is 2.85. The number of urea groups is 1. The number of aliphatic hydroxyl groups is 1. The highest BCUT2D eigenvalue weighted by Crippen LogP contribution is 2.18. The summed E-state index contributed by atoms with van der Waals surface area (Å²) in [7, 11) is 0. The Kier molecular flexibility index (Phi) is 5.23. The number of anilines is 1. The van der Waals surface area contributed by atoms with E-state index in [4.69, 9.17) is 0 Å². The summed E-state index contributed by atoms with van der Waals surface area (Å²) in [5.41, 5.74) is 1.01. The van der Waals surface area contributed by atoms with Crippen LogP contribution in [0.5, 0.6) is 0 Å². The summed E-state index contributed by atoms with van der Waals surface area (Å²) in [6.45, 7) is 7.62. The summed E-state index contributed by atoms with van der Waals surface area (Å²) in [6.07, 6.45) is -0.658. The smallest absolute Gasteiger partial charge is 0.320 e. The molecule has 1 atom stereocenters. The zero-order valence-corrected chi connectivity index (χ0v) is 14.3. The van der Waals surface area contributed by atoms with Crippen molar-refractivity contribution in [1.29, 1.82) is 0 Å². The molecule has 24 heavy (non-hydrogen) atoms. The van der Waals surface area contributed by atoms with E-state index in [0.29, 0.717) is 11.5 Å². The van der Waals surface area contributed by atoms with Crippen molar-refractivity contribution in [1.82, 2.24) is 15.1 Å². The standard InChI is InChI=1S/C17H23FN4O2/c1-11-8-15(20-16(24)19-10-14(23)17(2,3)4)21-22(11)13-7-5-6-12(18)9-13/h5-9,14,23H,10H2,1-4H3,(H2,19,20,21,24). The number of amides is 2. The molecule has 0 fully saturated rings. The van der Waals surface area contributed by atoms with Crippen molar-refractivity contribution in [3.63, 3.8) is 0 Å². The second-order valence-corrected chi connectivity index (χ2v) is 6.78. The van der Waals surface area contributed by atoms with Crippen LogP contribution in [0.2, 0.25) is 0 Å². The van der Waals surface area contributed by atoms with Gasteiger partial charge in [-0.15, -0.1) is 5.10 Å². The van der Waals surface area contributed by atoms with Crippen LogP contribution in [0.1, 0.15) is 26.5 Å². The van der Waals surface area contributed by atoms with Gasteiger partial charge >= 0.3 is 6.03 Å². The van der Waals surface area contributed by atoms with Gasteiger partial charge in [-0.3, -0.25) is 5.32 Å². The fourth-order valence-electron chi connectivity index (χ4n) is 2.06. The van der Waals surface area contributed by atoms with Crippen LogP contribution >= 0.6 is 0 Å². The van der Waals surface area contributed by atoms with Gasteiger partial charge in [-0.2, -0.15) is 0 Å². The molecular weight excluding hydrogens is 311 g/mol. The number of benzene rings is 1. The minimum atomic E-state index is -0.658. The number of hydrogen-bond acceptors (Lipinski definition) is 3. The Morgan fingerprint density at radius 3 is 2.71 bits per heavy atom. The Bertz CT molecular complexity index is 722. The van der Waals surface area contributed by atoms with E-state index in [2.05, 4.69) is 15.7 Å². The molecular formula is C17H23FN4O2. The summed E-state index contributed by atoms with van der Waals surface area (Å²) < 4.78 is 14.9. The zero-order chi connectivity index (χ0) is 17.9. The Labute approximate surface area is 140 Å². The van der Waals surface area contributed by atoms with Crippen LogP contribution in [0.15, 0.2) is 30.3 Å². The Morgan fingerprint density at radius 2 is 2.08 bits per heavy atom. The van der Waals surface area contributed by atoms with E-state index in [-0.39, 0.29) is 17.8 Å². The Balaban J connectivity index is 2.01. The topological polar surface area (TPSA) is 79.2 Å². The molecule has 130 valence electrons. The van der Waals surface area contributed by atoms with E-state index in [1.54, 1.807) is 22.9 Å². The van der Waals surface area contributed by atoms with Gasteiger partial charge in [-0.25, -0.2) is 13.9 Å². The normalized spacial score (nSPS) is 12.8. The van der Waals surface area contributed by atoms with Crippen LogP contribution in [0.25, 0.3) is 5.69 Å². The third-order valence-electron chi connectivity index (χ3n) is 3.64. The number of aryl methyl sites for hydroxylation is 1. The monoisotopic (exact) mass is 334 g/mol. The molecule has 0 radical (unpaired) electrons. The molecule has 0 bridgehead atoms. The largest absolute Gasteiger partial charge is 0.391 e. The number of hydrogen-bond donors (Lipinski definition) is 3. The van der Waals surface area contributed by atoms with Crippen LogP contribution < -0.4 is 10.6 Å². The quantitative estimate of drug-likeness (QED) is 0.804. The molecule has 2 rings (SSSR count). The van der Waals surface area contributed by atoms with Gasteiger partial charge in [0, 0.05) is 18.3 Å². The maximum atomic E-state index is 13.3. The van der Waals surface area contributed by atoms with Gasteiger partial charge in [-0.1, -0.05) is 26.8 Å². The first-order valence-corrected chi connectivity index (χ1v) is 7.72. The minimum absolute atomic E-state index is 0.138. The number of halogens is 1. The molecule has 0 saturated heterocycles. The van der Waals surface area contributed by atoms with Gasteiger partial charge in [0.25, 0.3) is 0 Å². The molecule has 1 heterocycles. The molecule has 1 aromatic carbocycles. The first-order chi connectivity index (χ1) is 11.2. The molecule has 2 amide bonds. The molecule has 1 unspecified atom stereocenters. The molecule has 3 N–H and O–H groups in total. The SMILES string of the molecule is Cc1cc(NC(=O)NCC(O)C(C)(C)C)nn1-c1cccc(F)c1. The zero-order valence-electron chi connectivity index (χ0n) is 14.3. The van der Waals surface area contributed by atoms with E-state index < -0.39 is 12.1 Å². The summed E-state index contributed by atoms with van der Waals surface area (Å²) in [6, 6.07) is 7.28. The number of aromatic nitrogens is 2. The van der Waals surface area contributed by atoms with Gasteiger partial charge in [-0.05, 0) is 30.5 Å². The number of carbonyl (C=O) groups is 1. The summed E-state index contributed by atoms with van der Waals surface area (Å²) >= 11 is 0. The van der Waals surface area contributed by atoms with Gasteiger partial charge < -0.3 is 10.4 Å². The average Bonchev–Trinajstić information content (AvgIpc) is 2.84. The highest BCUT2D eigenvalue weighted by Gasteiger charge is 2.22. The second-order valence-electron chi connectivity index (χ2n) is 6.78. The lowest BCUT2D eigenvalue weighted by molar-refractivity contribution is 0.0654. The molecule has 6 nitrogen and oxygen atoms in total. The lowest BCUT2D eigenvalue weighted by Crippen LogP contribution is -2.40. The van der Waals surface area contributed by atoms with Crippen molar-refractivity contribution in [3.8, 4) is 5.69 Å². The molecule has 2 aromatic rings. The highest BCUT2D eigenvalue weighted by atomic mass is 19.1. The van der Waals surface area contributed by atoms with Crippen molar-refractivity contribution in [2.75, 3.05) is 11.9 Å². The third kappa shape index (κ3) is 4.55. The molecule has 0 aliphatic rings. The van der Waals surface area contributed by atoms with Crippen LogP contribution in [-0.2, 0) is 0 Å². The number of aliphatic hydroxyl groups excluding tert-OH is 1. The Morgan fingerprint density at radius 1 is 1.38 bits per heavy atom. The van der Waals surface area contributed by atoms with Crippen LogP contribution in [0.3, 0.4) is 0 Å². The lowest BCUT2D eigenvalue weighted by Gasteiger charge is -2.25. The summed E-state index contributed by atoms with van der Waals surface area (Å²) in [4.78, 5) is 11.9. The first kappa shape index (κ1) is 17.9. The van der Waals surface area contributed by atoms with E-state index in [9.17, 15) is 14.3 Å². The minimum Gasteiger partial charge on any atom is -0.391 e. The molecule has 0 spiro atoms. The number of rotatable bonds is 4. The molecule has 7 heteroatoms. The number of carbonyl (C=O) groups excluding carboxylic acids is 1. The molecule has 0 saturated carbocycles. The van der Waals surface area contributed by atoms with Crippen molar-refractivity contribution < 1.29 is 14.3 Å². The van der Waals surface area contributed by atoms with Crippen molar-refractivity contribution >= 4 is 11.8 Å². The molecule has 0 aliphatic carbocycles. The number of nitrogens with one attached hydrogen (secondary N) is 2. The van der Waals surface area contributed by atoms with Crippen LogP contribution in [0.4, 0.5) is 15.0 Å². The fourth-order valence-corrected chi connectivity index (χ4v) is 2.06. The van der Waals surface area contributed by atoms with Gasteiger partial charge in [0.2, 0.25) is 0 Å². The average molecular weight is 334 g/mol. The van der Waals surface area contributed by atoms with Gasteiger partial charge in [0.05, 0.1) is 11.8 Å². The predicted molar refractivity (Wildman–Crippen MR) is 90.7 cm³/mol. The van der Waals surface area contributed by atoms with E-state index in [1.807, 2.05) is 27.7 Å². The van der Waals surface area contributed by atoms with Crippen LogP contribution in [0, 0.1) is 18.2 Å². The highest BCUT2D eigenvalue weighted by molar-refractivity contribution is 5.88. The van der Waals surface area contributed by atoms with Crippen molar-refractivity contribution in [3.05, 3.63) is 41.8 Å². The second kappa shape index (κ2) is 7.00. The molecule has 1 aromatic heterocycles. The first-order valence-electron chi connectivity index (χ1n) is 7.72. The third-order valence-corrected chi connectivity index (χ3v) is 3.64. The molecule has 0 aliphatic heterocycles. The lowest BCUT2D eigenvalue weighted by atomic mass is 9.89. The Hall–Kier alpha value is -2.41. The van der Waals surface area contributed by atoms with E-state index in [1.165, 1.54) is 12.1 Å². The van der Waals surface area contributed by atoms with Crippen molar-refractivity contribution in [2.45, 2.75) is 33.8 Å². The van der Waals surface area contributed by atoms with Gasteiger partial charge in [0.15, 0.2) is 5.82 Å². The summed E-state index contributed by atoms with van der Waals surface area (Å²) in [5.74, 6) is -0.00895. The van der Waals surface area contributed by atoms with Crippen LogP contribution in [-0.4, -0.2) is 33.6 Å². The fraction of sp³-hybridized carbons (Fsp3) is 0.412. The van der Waals surface area contributed by atoms with Crippen molar-refractivity contribution in [2.24, 2.45) is 5.41 Å². The maximum absolute atomic E-state index is 13.3.